The zero-order chi connectivity index (χ0) is 22.1. The molecule has 0 saturated carbocycles. The lowest BCUT2D eigenvalue weighted by Crippen LogP contribution is -2.24. The lowest BCUT2D eigenvalue weighted by atomic mass is 10.2. The summed E-state index contributed by atoms with van der Waals surface area (Å²) in [5.41, 5.74) is 0.765. The van der Waals surface area contributed by atoms with E-state index < -0.39 is 11.5 Å². The van der Waals surface area contributed by atoms with Crippen molar-refractivity contribution in [2.24, 2.45) is 0 Å². The summed E-state index contributed by atoms with van der Waals surface area (Å²) in [6, 6.07) is 10.6. The maximum absolute atomic E-state index is 12.5. The summed E-state index contributed by atoms with van der Waals surface area (Å²) in [6.45, 7) is -0.0955. The van der Waals surface area contributed by atoms with Crippen LogP contribution in [0.1, 0.15) is 18.9 Å². The van der Waals surface area contributed by atoms with E-state index in [1.165, 1.54) is 24.3 Å². The summed E-state index contributed by atoms with van der Waals surface area (Å²) in [5, 5.41) is 13.6. The largest absolute Gasteiger partial charge is 0.490 e. The number of nitro groups is 1. The lowest BCUT2D eigenvalue weighted by Gasteiger charge is -2.18. The van der Waals surface area contributed by atoms with Crippen molar-refractivity contribution in [3.05, 3.63) is 58.1 Å². The van der Waals surface area contributed by atoms with Gasteiger partial charge in [0.2, 0.25) is 5.91 Å². The van der Waals surface area contributed by atoms with Gasteiger partial charge in [0.15, 0.2) is 11.5 Å². The number of para-hydroxylation sites is 2. The van der Waals surface area contributed by atoms with Crippen LogP contribution in [0.25, 0.3) is 0 Å². The highest BCUT2D eigenvalue weighted by atomic mass is 19.3. The highest BCUT2D eigenvalue weighted by molar-refractivity contribution is 5.93. The summed E-state index contributed by atoms with van der Waals surface area (Å²) in [5.74, 6) is -0.174. The standard InChI is InChI=1S/C20H23F2N3O5/c1-3-29-18-12-14(8-9-17(18)30-20(21)22)13-24(2)11-10-19(26)23-15-6-4-5-7-16(15)25(27)28/h4-9,12,20H,3,10-11,13H2,1-2H3,(H,23,26). The molecule has 2 aromatic carbocycles. The Kier molecular flexibility index (Phi) is 8.48. The van der Waals surface area contributed by atoms with Gasteiger partial charge in [-0.1, -0.05) is 18.2 Å². The van der Waals surface area contributed by atoms with Gasteiger partial charge >= 0.3 is 6.61 Å². The number of hydrogen-bond donors (Lipinski definition) is 1. The van der Waals surface area contributed by atoms with Gasteiger partial charge in [-0.3, -0.25) is 14.9 Å². The molecule has 1 N–H and O–H groups in total. The number of carbonyl (C=O) groups excluding carboxylic acids is 1. The Hall–Kier alpha value is -3.27. The van der Waals surface area contributed by atoms with Gasteiger partial charge in [0.05, 0.1) is 11.5 Å². The van der Waals surface area contributed by atoms with Crippen LogP contribution < -0.4 is 14.8 Å². The minimum absolute atomic E-state index is 0.0397. The number of hydrogen-bond acceptors (Lipinski definition) is 6. The van der Waals surface area contributed by atoms with Crippen molar-refractivity contribution in [3.8, 4) is 11.5 Å². The van der Waals surface area contributed by atoms with Gasteiger partial charge in [0.25, 0.3) is 5.69 Å². The molecular weight excluding hydrogens is 400 g/mol. The number of benzene rings is 2. The number of amides is 1. The fraction of sp³-hybridized carbons (Fsp3) is 0.350. The van der Waals surface area contributed by atoms with E-state index >= 15 is 0 Å². The molecule has 0 aromatic heterocycles. The van der Waals surface area contributed by atoms with E-state index in [1.54, 1.807) is 32.2 Å². The maximum Gasteiger partial charge on any atom is 0.387 e. The number of nitrogens with zero attached hydrogens (tertiary/aromatic N) is 2. The quantitative estimate of drug-likeness (QED) is 0.433. The second kappa shape index (κ2) is 11.1. The average molecular weight is 423 g/mol. The van der Waals surface area contributed by atoms with E-state index in [-0.39, 0.29) is 35.2 Å². The molecule has 0 radical (unpaired) electrons. The summed E-state index contributed by atoms with van der Waals surface area (Å²) in [7, 11) is 1.79. The van der Waals surface area contributed by atoms with Crippen LogP contribution in [0.2, 0.25) is 0 Å². The number of carbonyl (C=O) groups is 1. The van der Waals surface area contributed by atoms with Crippen LogP contribution >= 0.6 is 0 Å². The molecule has 162 valence electrons. The van der Waals surface area contributed by atoms with Crippen LogP contribution in [0.5, 0.6) is 11.5 Å². The number of halogens is 2. The van der Waals surface area contributed by atoms with E-state index in [4.69, 9.17) is 4.74 Å². The average Bonchev–Trinajstić information content (AvgIpc) is 2.68. The Balaban J connectivity index is 1.92. The normalized spacial score (nSPS) is 10.9. The highest BCUT2D eigenvalue weighted by Crippen LogP contribution is 2.30. The molecule has 30 heavy (non-hydrogen) atoms. The predicted molar refractivity (Wildman–Crippen MR) is 107 cm³/mol. The minimum Gasteiger partial charge on any atom is -0.490 e. The van der Waals surface area contributed by atoms with Gasteiger partial charge in [-0.05, 0) is 37.7 Å². The van der Waals surface area contributed by atoms with Crippen molar-refractivity contribution in [2.45, 2.75) is 26.5 Å². The Morgan fingerprint density at radius 2 is 1.97 bits per heavy atom. The molecule has 0 aliphatic heterocycles. The number of rotatable bonds is 11. The molecule has 0 fully saturated rings. The molecule has 10 heteroatoms. The minimum atomic E-state index is -2.95. The summed E-state index contributed by atoms with van der Waals surface area (Å²) < 4.78 is 34.8. The number of alkyl halides is 2. The third kappa shape index (κ3) is 6.96. The van der Waals surface area contributed by atoms with Crippen molar-refractivity contribution in [1.29, 1.82) is 0 Å². The van der Waals surface area contributed by atoms with E-state index in [0.29, 0.717) is 19.7 Å². The Bertz CT molecular complexity index is 879. The van der Waals surface area contributed by atoms with Crippen molar-refractivity contribution in [3.63, 3.8) is 0 Å². The van der Waals surface area contributed by atoms with Crippen LogP contribution in [0.3, 0.4) is 0 Å². The molecule has 0 bridgehead atoms. The molecule has 2 rings (SSSR count). The van der Waals surface area contributed by atoms with Gasteiger partial charge < -0.3 is 19.7 Å². The SMILES string of the molecule is CCOc1cc(CN(C)CCC(=O)Nc2ccccc2[N+](=O)[O-])ccc1OC(F)F. The zero-order valence-electron chi connectivity index (χ0n) is 16.6. The number of anilines is 1. The van der Waals surface area contributed by atoms with E-state index in [1.807, 2.05) is 4.90 Å². The summed E-state index contributed by atoms with van der Waals surface area (Å²) >= 11 is 0. The molecule has 1 amide bonds. The predicted octanol–water partition coefficient (Wildman–Crippen LogP) is 4.06. The van der Waals surface area contributed by atoms with Gasteiger partial charge in [-0.2, -0.15) is 8.78 Å². The zero-order valence-corrected chi connectivity index (χ0v) is 16.6. The molecule has 8 nitrogen and oxygen atoms in total. The smallest absolute Gasteiger partial charge is 0.387 e. The van der Waals surface area contributed by atoms with Gasteiger partial charge in [0.1, 0.15) is 5.69 Å². The van der Waals surface area contributed by atoms with Crippen LogP contribution in [-0.2, 0) is 11.3 Å². The molecule has 0 atom stereocenters. The second-order valence-corrected chi connectivity index (χ2v) is 6.40. The van der Waals surface area contributed by atoms with E-state index in [0.717, 1.165) is 5.56 Å². The molecule has 2 aromatic rings. The first kappa shape index (κ1) is 23.0. The Morgan fingerprint density at radius 1 is 1.23 bits per heavy atom. The fourth-order valence-corrected chi connectivity index (χ4v) is 2.75. The molecule has 0 unspecified atom stereocenters. The Labute approximate surface area is 172 Å². The van der Waals surface area contributed by atoms with Gasteiger partial charge in [0, 0.05) is 25.6 Å². The molecular formula is C20H23F2N3O5. The first-order valence-electron chi connectivity index (χ1n) is 9.22. The molecule has 0 aliphatic rings. The molecule has 0 aliphatic carbocycles. The van der Waals surface area contributed by atoms with Crippen LogP contribution in [0.15, 0.2) is 42.5 Å². The topological polar surface area (TPSA) is 93.9 Å². The van der Waals surface area contributed by atoms with E-state index in [9.17, 15) is 23.7 Å². The van der Waals surface area contributed by atoms with Crippen LogP contribution in [0, 0.1) is 10.1 Å². The van der Waals surface area contributed by atoms with Crippen LogP contribution in [-0.4, -0.2) is 42.5 Å². The Morgan fingerprint density at radius 3 is 2.63 bits per heavy atom. The lowest BCUT2D eigenvalue weighted by molar-refractivity contribution is -0.383. The highest BCUT2D eigenvalue weighted by Gasteiger charge is 2.16. The van der Waals surface area contributed by atoms with Crippen molar-refractivity contribution < 1.29 is 28.0 Å². The maximum atomic E-state index is 12.5. The number of ether oxygens (including phenoxy) is 2. The second-order valence-electron chi connectivity index (χ2n) is 6.40. The third-order valence-corrected chi connectivity index (χ3v) is 4.07. The fourth-order valence-electron chi connectivity index (χ4n) is 2.75. The van der Waals surface area contributed by atoms with Gasteiger partial charge in [-0.15, -0.1) is 0 Å². The van der Waals surface area contributed by atoms with Crippen molar-refractivity contribution in [1.82, 2.24) is 4.90 Å². The van der Waals surface area contributed by atoms with Gasteiger partial charge in [-0.25, -0.2) is 0 Å². The van der Waals surface area contributed by atoms with Crippen molar-refractivity contribution in [2.75, 3.05) is 25.5 Å². The van der Waals surface area contributed by atoms with E-state index in [2.05, 4.69) is 10.1 Å². The summed E-state index contributed by atoms with van der Waals surface area (Å²) in [6.07, 6.45) is 0.118. The third-order valence-electron chi connectivity index (χ3n) is 4.07. The molecule has 0 saturated heterocycles. The first-order valence-corrected chi connectivity index (χ1v) is 9.22. The number of nitrogens with one attached hydrogen (secondary N) is 1. The molecule has 0 spiro atoms. The number of nitro benzene ring substituents is 1. The van der Waals surface area contributed by atoms with Crippen molar-refractivity contribution >= 4 is 17.3 Å². The summed E-state index contributed by atoms with van der Waals surface area (Å²) in [4.78, 5) is 24.5. The molecule has 0 heterocycles. The monoisotopic (exact) mass is 423 g/mol. The van der Waals surface area contributed by atoms with Crippen LogP contribution in [0.4, 0.5) is 20.2 Å². The first-order chi connectivity index (χ1) is 14.3.